The van der Waals surface area contributed by atoms with Crippen LogP contribution in [-0.4, -0.2) is 29.9 Å². The van der Waals surface area contributed by atoms with Crippen molar-refractivity contribution < 1.29 is 0 Å². The molecule has 0 bridgehead atoms. The molecule has 0 spiro atoms. The molecule has 132 valence electrons. The summed E-state index contributed by atoms with van der Waals surface area (Å²) < 4.78 is 0. The molecule has 9 heteroatoms. The van der Waals surface area contributed by atoms with Gasteiger partial charge in [-0.15, -0.1) is 0 Å². The van der Waals surface area contributed by atoms with Crippen LogP contribution in [0.1, 0.15) is 0 Å². The SMILES string of the molecule is c1ccc(Nc2nc(Nc3ccccn3)nc(Nc3ccccn3)n2)nc1. The predicted octanol–water partition coefficient (Wildman–Crippen LogP) is 3.29. The van der Waals surface area contributed by atoms with Crippen LogP contribution < -0.4 is 16.0 Å². The van der Waals surface area contributed by atoms with Crippen LogP contribution >= 0.6 is 0 Å². The molecule has 0 saturated carbocycles. The highest BCUT2D eigenvalue weighted by molar-refractivity contribution is 5.57. The fraction of sp³-hybridized carbons (Fsp3) is 0. The van der Waals surface area contributed by atoms with Gasteiger partial charge in [-0.3, -0.25) is 0 Å². The molecule has 0 saturated heterocycles. The average Bonchev–Trinajstić information content (AvgIpc) is 2.70. The minimum absolute atomic E-state index is 0.334. The van der Waals surface area contributed by atoms with E-state index in [1.54, 1.807) is 18.6 Å². The average molecular weight is 357 g/mol. The van der Waals surface area contributed by atoms with Crippen molar-refractivity contribution in [1.82, 2.24) is 29.9 Å². The lowest BCUT2D eigenvalue weighted by molar-refractivity contribution is 1.05. The van der Waals surface area contributed by atoms with E-state index in [4.69, 9.17) is 0 Å². The Kier molecular flexibility index (Phi) is 4.74. The molecule has 4 rings (SSSR count). The fourth-order valence-corrected chi connectivity index (χ4v) is 2.20. The van der Waals surface area contributed by atoms with Gasteiger partial charge < -0.3 is 16.0 Å². The van der Waals surface area contributed by atoms with E-state index in [0.29, 0.717) is 35.3 Å². The maximum Gasteiger partial charge on any atom is 0.235 e. The summed E-state index contributed by atoms with van der Waals surface area (Å²) in [6.07, 6.45) is 5.05. The van der Waals surface area contributed by atoms with Crippen LogP contribution in [0.15, 0.2) is 73.2 Å². The van der Waals surface area contributed by atoms with Gasteiger partial charge in [-0.25, -0.2) is 15.0 Å². The topological polar surface area (TPSA) is 113 Å². The highest BCUT2D eigenvalue weighted by Gasteiger charge is 2.09. The first kappa shape index (κ1) is 16.3. The van der Waals surface area contributed by atoms with E-state index in [1.165, 1.54) is 0 Å². The molecule has 9 nitrogen and oxygen atoms in total. The van der Waals surface area contributed by atoms with Gasteiger partial charge >= 0.3 is 0 Å². The van der Waals surface area contributed by atoms with Crippen molar-refractivity contribution in [2.24, 2.45) is 0 Å². The number of nitrogens with one attached hydrogen (secondary N) is 3. The Balaban J connectivity index is 1.64. The lowest BCUT2D eigenvalue weighted by Crippen LogP contribution is -2.08. The van der Waals surface area contributed by atoms with Crippen LogP contribution in [0.25, 0.3) is 0 Å². The molecule has 0 aromatic carbocycles. The van der Waals surface area contributed by atoms with Crippen molar-refractivity contribution in [2.75, 3.05) is 16.0 Å². The first-order valence-corrected chi connectivity index (χ1v) is 8.15. The minimum atomic E-state index is 0.334. The van der Waals surface area contributed by atoms with Gasteiger partial charge in [0.05, 0.1) is 0 Å². The number of aromatic nitrogens is 6. The van der Waals surface area contributed by atoms with Crippen molar-refractivity contribution in [3.05, 3.63) is 73.2 Å². The Morgan fingerprint density at radius 1 is 0.444 bits per heavy atom. The van der Waals surface area contributed by atoms with Gasteiger partial charge in [-0.1, -0.05) is 18.2 Å². The molecule has 27 heavy (non-hydrogen) atoms. The molecule has 0 aliphatic heterocycles. The smallest absolute Gasteiger partial charge is 0.235 e. The van der Waals surface area contributed by atoms with E-state index < -0.39 is 0 Å². The van der Waals surface area contributed by atoms with Gasteiger partial charge in [0.2, 0.25) is 17.8 Å². The van der Waals surface area contributed by atoms with Crippen LogP contribution in [0.4, 0.5) is 35.3 Å². The summed E-state index contributed by atoms with van der Waals surface area (Å²) in [5.41, 5.74) is 0. The van der Waals surface area contributed by atoms with Crippen LogP contribution in [0.3, 0.4) is 0 Å². The van der Waals surface area contributed by atoms with Gasteiger partial charge in [0, 0.05) is 18.6 Å². The number of rotatable bonds is 6. The predicted molar refractivity (Wildman–Crippen MR) is 102 cm³/mol. The molecule has 4 aromatic heterocycles. The normalized spacial score (nSPS) is 10.2. The number of hydrogen-bond acceptors (Lipinski definition) is 9. The molecule has 0 amide bonds. The van der Waals surface area contributed by atoms with Crippen LogP contribution in [0.2, 0.25) is 0 Å². The Morgan fingerprint density at radius 2 is 0.778 bits per heavy atom. The summed E-state index contributed by atoms with van der Waals surface area (Å²) in [4.78, 5) is 25.8. The van der Waals surface area contributed by atoms with Crippen molar-refractivity contribution in [3.63, 3.8) is 0 Å². The third-order valence-corrected chi connectivity index (χ3v) is 3.35. The number of nitrogens with zero attached hydrogens (tertiary/aromatic N) is 6. The Morgan fingerprint density at radius 3 is 1.04 bits per heavy atom. The second kappa shape index (κ2) is 7.83. The Bertz CT molecular complexity index is 851. The zero-order valence-corrected chi connectivity index (χ0v) is 14.1. The van der Waals surface area contributed by atoms with Crippen molar-refractivity contribution in [3.8, 4) is 0 Å². The summed E-state index contributed by atoms with van der Waals surface area (Å²) in [6.45, 7) is 0. The van der Waals surface area contributed by atoms with Crippen molar-refractivity contribution in [1.29, 1.82) is 0 Å². The number of pyridine rings is 3. The molecule has 0 fully saturated rings. The maximum atomic E-state index is 4.38. The van der Waals surface area contributed by atoms with Gasteiger partial charge in [0.25, 0.3) is 0 Å². The van der Waals surface area contributed by atoms with Gasteiger partial charge in [0.1, 0.15) is 17.5 Å². The quantitative estimate of drug-likeness (QED) is 0.478. The second-order valence-electron chi connectivity index (χ2n) is 5.33. The Labute approximate surface area is 155 Å². The zero-order valence-electron chi connectivity index (χ0n) is 14.1. The lowest BCUT2D eigenvalue weighted by Gasteiger charge is -2.10. The summed E-state index contributed by atoms with van der Waals surface area (Å²) in [7, 11) is 0. The lowest BCUT2D eigenvalue weighted by atomic mass is 10.4. The monoisotopic (exact) mass is 357 g/mol. The van der Waals surface area contributed by atoms with Gasteiger partial charge in [-0.2, -0.15) is 15.0 Å². The zero-order chi connectivity index (χ0) is 18.3. The molecule has 0 unspecified atom stereocenters. The largest absolute Gasteiger partial charge is 0.309 e. The third kappa shape index (κ3) is 4.48. The van der Waals surface area contributed by atoms with E-state index in [0.717, 1.165) is 0 Å². The van der Waals surface area contributed by atoms with Crippen molar-refractivity contribution >= 4 is 35.3 Å². The van der Waals surface area contributed by atoms with E-state index in [9.17, 15) is 0 Å². The first-order chi connectivity index (χ1) is 13.3. The molecular formula is C18H15N9. The molecule has 0 aliphatic rings. The number of anilines is 6. The molecule has 3 N–H and O–H groups in total. The van der Waals surface area contributed by atoms with Crippen LogP contribution in [0, 0.1) is 0 Å². The molecule has 0 atom stereocenters. The maximum absolute atomic E-state index is 4.38. The summed E-state index contributed by atoms with van der Waals surface area (Å²) in [6, 6.07) is 16.6. The highest BCUT2D eigenvalue weighted by atomic mass is 15.3. The number of hydrogen-bond donors (Lipinski definition) is 3. The van der Waals surface area contributed by atoms with E-state index in [-0.39, 0.29) is 0 Å². The van der Waals surface area contributed by atoms with E-state index >= 15 is 0 Å². The van der Waals surface area contributed by atoms with Gasteiger partial charge in [-0.05, 0) is 36.4 Å². The molecule has 0 radical (unpaired) electrons. The van der Waals surface area contributed by atoms with Crippen LogP contribution in [0.5, 0.6) is 0 Å². The Hall–Kier alpha value is -4.14. The summed E-state index contributed by atoms with van der Waals surface area (Å²) >= 11 is 0. The van der Waals surface area contributed by atoms with Crippen LogP contribution in [-0.2, 0) is 0 Å². The van der Waals surface area contributed by atoms with E-state index in [2.05, 4.69) is 45.9 Å². The third-order valence-electron chi connectivity index (χ3n) is 3.35. The molecule has 4 aromatic rings. The summed E-state index contributed by atoms with van der Waals surface area (Å²) in [5.74, 6) is 2.87. The summed E-state index contributed by atoms with van der Waals surface area (Å²) in [5, 5.41) is 9.19. The standard InChI is InChI=1S/C18H15N9/c1-4-10-19-13(7-1)22-16-25-17(23-14-8-2-5-11-20-14)27-18(26-16)24-15-9-3-6-12-21-15/h1-12H,(H3,19,20,21,22,23,24,25,26,27). The first-order valence-electron chi connectivity index (χ1n) is 8.15. The second-order valence-corrected chi connectivity index (χ2v) is 5.33. The fourth-order valence-electron chi connectivity index (χ4n) is 2.20. The highest BCUT2D eigenvalue weighted by Crippen LogP contribution is 2.18. The minimum Gasteiger partial charge on any atom is -0.309 e. The molecule has 4 heterocycles. The van der Waals surface area contributed by atoms with E-state index in [1.807, 2.05) is 54.6 Å². The molecular weight excluding hydrogens is 342 g/mol. The van der Waals surface area contributed by atoms with Crippen molar-refractivity contribution in [2.45, 2.75) is 0 Å². The van der Waals surface area contributed by atoms with Gasteiger partial charge in [0.15, 0.2) is 0 Å². The molecule has 0 aliphatic carbocycles.